The van der Waals surface area contributed by atoms with Crippen molar-refractivity contribution in [3.05, 3.63) is 99.8 Å². The zero-order valence-electron chi connectivity index (χ0n) is 14.0. The maximum absolute atomic E-state index is 12.1. The summed E-state index contributed by atoms with van der Waals surface area (Å²) in [5.41, 5.74) is 3.18. The molecule has 0 bridgehead atoms. The van der Waals surface area contributed by atoms with Crippen LogP contribution in [0.25, 0.3) is 23.0 Å². The van der Waals surface area contributed by atoms with E-state index in [1.165, 1.54) is 18.2 Å². The Kier molecular flexibility index (Phi) is 4.14. The van der Waals surface area contributed by atoms with Gasteiger partial charge in [-0.25, -0.2) is 4.79 Å². The van der Waals surface area contributed by atoms with E-state index in [2.05, 4.69) is 0 Å². The third-order valence-electron chi connectivity index (χ3n) is 4.09. The molecule has 6 nitrogen and oxygen atoms in total. The van der Waals surface area contributed by atoms with E-state index in [-0.39, 0.29) is 17.2 Å². The molecule has 0 atom stereocenters. The second-order valence-corrected chi connectivity index (χ2v) is 5.87. The number of hydrogen-bond acceptors (Lipinski definition) is 5. The van der Waals surface area contributed by atoms with Gasteiger partial charge in [0.1, 0.15) is 16.4 Å². The molecule has 0 aliphatic carbocycles. The van der Waals surface area contributed by atoms with Crippen molar-refractivity contribution in [2.45, 2.75) is 0 Å². The van der Waals surface area contributed by atoms with Crippen LogP contribution in [0.2, 0.25) is 0 Å². The molecule has 4 rings (SSSR count). The van der Waals surface area contributed by atoms with E-state index in [4.69, 9.17) is 9.15 Å². The van der Waals surface area contributed by atoms with Crippen LogP contribution in [0.5, 0.6) is 0 Å². The van der Waals surface area contributed by atoms with E-state index in [1.807, 2.05) is 54.6 Å². The summed E-state index contributed by atoms with van der Waals surface area (Å²) in [6.45, 7) is 0. The van der Waals surface area contributed by atoms with Crippen LogP contribution in [0.4, 0.5) is 5.88 Å². The lowest BCUT2D eigenvalue weighted by Crippen LogP contribution is -1.97. The molecule has 0 radical (unpaired) electrons. The molecule has 0 fully saturated rings. The standard InChI is InChI=1S/C21H13NO5/c23-21-17(12-18-10-11-20(26-18)22(24)25)13-19(27-21)16-8-6-15(7-9-16)14-4-2-1-3-5-14/h1-13H/b17-12+. The molecule has 3 aromatic rings. The molecule has 27 heavy (non-hydrogen) atoms. The first-order valence-corrected chi connectivity index (χ1v) is 8.16. The molecule has 0 unspecified atom stereocenters. The summed E-state index contributed by atoms with van der Waals surface area (Å²) in [4.78, 5) is 22.1. The molecule has 1 aromatic heterocycles. The van der Waals surface area contributed by atoms with E-state index in [0.717, 1.165) is 16.7 Å². The lowest BCUT2D eigenvalue weighted by molar-refractivity contribution is -0.402. The van der Waals surface area contributed by atoms with Gasteiger partial charge in [0.2, 0.25) is 0 Å². The van der Waals surface area contributed by atoms with Crippen LogP contribution in [0.1, 0.15) is 11.3 Å². The summed E-state index contributed by atoms with van der Waals surface area (Å²) in [5.74, 6) is -0.275. The molecule has 0 N–H and O–H groups in total. The molecule has 132 valence electrons. The third kappa shape index (κ3) is 3.41. The van der Waals surface area contributed by atoms with Gasteiger partial charge >= 0.3 is 11.9 Å². The fraction of sp³-hybridized carbons (Fsp3) is 0. The minimum atomic E-state index is -0.634. The lowest BCUT2D eigenvalue weighted by atomic mass is 10.0. The Labute approximate surface area is 154 Å². The van der Waals surface area contributed by atoms with Crippen LogP contribution in [-0.2, 0) is 9.53 Å². The number of esters is 1. The van der Waals surface area contributed by atoms with E-state index in [0.29, 0.717) is 5.76 Å². The number of benzene rings is 2. The molecule has 2 heterocycles. The fourth-order valence-corrected chi connectivity index (χ4v) is 2.76. The fourth-order valence-electron chi connectivity index (χ4n) is 2.76. The predicted octanol–water partition coefficient (Wildman–Crippen LogP) is 4.84. The molecule has 1 aliphatic rings. The first kappa shape index (κ1) is 16.5. The average Bonchev–Trinajstić information content (AvgIpc) is 3.30. The Hall–Kier alpha value is -3.93. The summed E-state index contributed by atoms with van der Waals surface area (Å²) in [7, 11) is 0. The molecular formula is C21H13NO5. The number of furan rings is 1. The summed E-state index contributed by atoms with van der Waals surface area (Å²) < 4.78 is 10.4. The van der Waals surface area contributed by atoms with Crippen LogP contribution >= 0.6 is 0 Å². The van der Waals surface area contributed by atoms with Crippen molar-refractivity contribution in [2.24, 2.45) is 0 Å². The molecule has 0 saturated carbocycles. The van der Waals surface area contributed by atoms with Crippen LogP contribution in [0.15, 0.2) is 82.8 Å². The van der Waals surface area contributed by atoms with Crippen molar-refractivity contribution in [2.75, 3.05) is 0 Å². The number of nitrogens with zero attached hydrogens (tertiary/aromatic N) is 1. The highest BCUT2D eigenvalue weighted by molar-refractivity contribution is 6.04. The highest BCUT2D eigenvalue weighted by Gasteiger charge is 2.23. The van der Waals surface area contributed by atoms with Gasteiger partial charge in [0, 0.05) is 5.56 Å². The quantitative estimate of drug-likeness (QED) is 0.288. The van der Waals surface area contributed by atoms with Crippen molar-refractivity contribution in [1.29, 1.82) is 0 Å². The number of rotatable bonds is 4. The average molecular weight is 359 g/mol. The monoisotopic (exact) mass is 359 g/mol. The number of cyclic esters (lactones) is 1. The second kappa shape index (κ2) is 6.76. The maximum atomic E-state index is 12.1. The summed E-state index contributed by atoms with van der Waals surface area (Å²) in [6.07, 6.45) is 3.01. The van der Waals surface area contributed by atoms with Crippen LogP contribution in [-0.4, -0.2) is 10.9 Å². The molecule has 6 heteroatoms. The van der Waals surface area contributed by atoms with Gasteiger partial charge < -0.3 is 9.15 Å². The zero-order valence-corrected chi connectivity index (χ0v) is 14.0. The molecule has 0 spiro atoms. The molecule has 0 saturated heterocycles. The number of carbonyl (C=O) groups excluding carboxylic acids is 1. The Bertz CT molecular complexity index is 1080. The van der Waals surface area contributed by atoms with Gasteiger partial charge in [0.15, 0.2) is 0 Å². The van der Waals surface area contributed by atoms with Crippen molar-refractivity contribution >= 4 is 23.7 Å². The van der Waals surface area contributed by atoms with Gasteiger partial charge in [-0.15, -0.1) is 0 Å². The van der Waals surface area contributed by atoms with Crippen LogP contribution in [0.3, 0.4) is 0 Å². The Morgan fingerprint density at radius 2 is 1.52 bits per heavy atom. The summed E-state index contributed by atoms with van der Waals surface area (Å²) in [5, 5.41) is 10.7. The molecule has 2 aromatic carbocycles. The van der Waals surface area contributed by atoms with E-state index >= 15 is 0 Å². The van der Waals surface area contributed by atoms with E-state index < -0.39 is 10.9 Å². The number of ether oxygens (including phenoxy) is 1. The van der Waals surface area contributed by atoms with Gasteiger partial charge in [0.25, 0.3) is 0 Å². The normalized spacial score (nSPS) is 14.9. The topological polar surface area (TPSA) is 82.6 Å². The first-order chi connectivity index (χ1) is 13.1. The molecule has 1 aliphatic heterocycles. The van der Waals surface area contributed by atoms with Crippen molar-refractivity contribution in [3.8, 4) is 11.1 Å². The lowest BCUT2D eigenvalue weighted by Gasteiger charge is -2.04. The van der Waals surface area contributed by atoms with Gasteiger partial charge in [0.05, 0.1) is 11.6 Å². The van der Waals surface area contributed by atoms with E-state index in [9.17, 15) is 14.9 Å². The zero-order chi connectivity index (χ0) is 18.8. The first-order valence-electron chi connectivity index (χ1n) is 8.16. The van der Waals surface area contributed by atoms with Gasteiger partial charge in [-0.2, -0.15) is 0 Å². The van der Waals surface area contributed by atoms with Crippen molar-refractivity contribution in [1.82, 2.24) is 0 Å². The molecule has 0 amide bonds. The number of hydrogen-bond donors (Lipinski definition) is 0. The van der Waals surface area contributed by atoms with Gasteiger partial charge in [-0.1, -0.05) is 54.6 Å². The van der Waals surface area contributed by atoms with Crippen molar-refractivity contribution < 1.29 is 18.9 Å². The third-order valence-corrected chi connectivity index (χ3v) is 4.09. The van der Waals surface area contributed by atoms with Gasteiger partial charge in [-0.05, 0) is 29.3 Å². The second-order valence-electron chi connectivity index (χ2n) is 5.87. The molecular weight excluding hydrogens is 346 g/mol. The maximum Gasteiger partial charge on any atom is 0.433 e. The minimum Gasteiger partial charge on any atom is -0.422 e. The smallest absolute Gasteiger partial charge is 0.422 e. The van der Waals surface area contributed by atoms with Crippen LogP contribution < -0.4 is 0 Å². The van der Waals surface area contributed by atoms with E-state index in [1.54, 1.807) is 6.08 Å². The largest absolute Gasteiger partial charge is 0.433 e. The highest BCUT2D eigenvalue weighted by Crippen LogP contribution is 2.30. The summed E-state index contributed by atoms with van der Waals surface area (Å²) in [6, 6.07) is 20.3. The highest BCUT2D eigenvalue weighted by atomic mass is 16.6. The van der Waals surface area contributed by atoms with Gasteiger partial charge in [-0.3, -0.25) is 10.1 Å². The van der Waals surface area contributed by atoms with Crippen molar-refractivity contribution in [3.63, 3.8) is 0 Å². The SMILES string of the molecule is O=C1OC(c2ccc(-c3ccccc3)cc2)=C/C1=C\c1ccc([N+](=O)[O-])o1. The Balaban J connectivity index is 1.59. The number of carbonyl (C=O) groups is 1. The minimum absolute atomic E-state index is 0.213. The van der Waals surface area contributed by atoms with Crippen LogP contribution in [0, 0.1) is 10.1 Å². The Morgan fingerprint density at radius 3 is 2.19 bits per heavy atom. The number of nitro groups is 1. The Morgan fingerprint density at radius 1 is 0.852 bits per heavy atom. The predicted molar refractivity (Wildman–Crippen MR) is 99.3 cm³/mol. The summed E-state index contributed by atoms with van der Waals surface area (Å²) >= 11 is 0.